The second kappa shape index (κ2) is 4.48. The summed E-state index contributed by atoms with van der Waals surface area (Å²) in [5, 5.41) is 0. The number of carbonyl (C=O) groups excluding carboxylic acids is 2. The third kappa shape index (κ3) is 5.49. The maximum Gasteiger partial charge on any atom is 0.215 e. The Kier molecular flexibility index (Phi) is 4.23. The molecule has 76 valence electrons. The Balaban J connectivity index is 3.95. The van der Waals surface area contributed by atoms with Gasteiger partial charge in [0.15, 0.2) is 5.78 Å². The molecule has 0 radical (unpaired) electrons. The van der Waals surface area contributed by atoms with Crippen LogP contribution >= 0.6 is 0 Å². The number of ketones is 2. The van der Waals surface area contributed by atoms with Gasteiger partial charge in [0.1, 0.15) is 0 Å². The lowest BCUT2D eigenvalue weighted by Crippen LogP contribution is -2.53. The Bertz CT molecular complexity index is 206. The highest BCUT2D eigenvalue weighted by molar-refractivity contribution is 6.38. The van der Waals surface area contributed by atoms with E-state index in [2.05, 4.69) is 10.9 Å². The summed E-state index contributed by atoms with van der Waals surface area (Å²) in [5.74, 6) is -0.826. The van der Waals surface area contributed by atoms with Crippen LogP contribution in [0.1, 0.15) is 34.6 Å². The largest absolute Gasteiger partial charge is 0.291 e. The van der Waals surface area contributed by atoms with Crippen molar-refractivity contribution >= 4 is 11.6 Å². The van der Waals surface area contributed by atoms with Gasteiger partial charge < -0.3 is 0 Å². The third-order valence-electron chi connectivity index (χ3n) is 1.40. The number of carbonyl (C=O) groups is 2. The summed E-state index contributed by atoms with van der Waals surface area (Å²) in [4.78, 5) is 21.8. The molecule has 0 spiro atoms. The number of nitrogens with one attached hydrogen (secondary N) is 2. The summed E-state index contributed by atoms with van der Waals surface area (Å²) in [5.41, 5.74) is 5.60. The molecule has 0 aromatic carbocycles. The van der Waals surface area contributed by atoms with Crippen molar-refractivity contribution < 1.29 is 9.59 Å². The van der Waals surface area contributed by atoms with Gasteiger partial charge in [0.25, 0.3) is 0 Å². The summed E-state index contributed by atoms with van der Waals surface area (Å²) in [6.45, 7) is 8.82. The van der Waals surface area contributed by atoms with Crippen molar-refractivity contribution in [1.82, 2.24) is 10.9 Å². The second-order valence-electron chi connectivity index (χ2n) is 4.16. The zero-order valence-corrected chi connectivity index (χ0v) is 8.89. The monoisotopic (exact) mass is 186 g/mol. The van der Waals surface area contributed by atoms with E-state index < -0.39 is 17.6 Å². The summed E-state index contributed by atoms with van der Waals surface area (Å²) >= 11 is 0. The van der Waals surface area contributed by atoms with Gasteiger partial charge in [-0.25, -0.2) is 5.43 Å². The van der Waals surface area contributed by atoms with E-state index in [1.165, 1.54) is 6.92 Å². The highest BCUT2D eigenvalue weighted by Gasteiger charge is 2.18. The normalized spacial score (nSPS) is 13.9. The fourth-order valence-electron chi connectivity index (χ4n) is 0.695. The predicted molar refractivity (Wildman–Crippen MR) is 51.2 cm³/mol. The second-order valence-corrected chi connectivity index (χ2v) is 4.16. The summed E-state index contributed by atoms with van der Waals surface area (Å²) in [6.07, 6.45) is 0. The third-order valence-corrected chi connectivity index (χ3v) is 1.40. The average Bonchev–Trinajstić information content (AvgIpc) is 1.97. The summed E-state index contributed by atoms with van der Waals surface area (Å²) in [6, 6.07) is -0.475. The predicted octanol–water partition coefficient (Wildman–Crippen LogP) is 0.426. The van der Waals surface area contributed by atoms with Gasteiger partial charge in [-0.2, -0.15) is 0 Å². The van der Waals surface area contributed by atoms with Crippen LogP contribution in [0.5, 0.6) is 0 Å². The van der Waals surface area contributed by atoms with E-state index in [9.17, 15) is 9.59 Å². The lowest BCUT2D eigenvalue weighted by atomic mass is 10.1. The Labute approximate surface area is 79.1 Å². The molecule has 0 aliphatic rings. The molecule has 1 atom stereocenters. The number of rotatable bonds is 4. The number of hydrogen-bond donors (Lipinski definition) is 2. The number of Topliss-reactive ketones (excluding diaryl/α,β-unsaturated/α-hetero) is 2. The SMILES string of the molecule is CC(=O)C(=O)[C@@H](C)NNC(C)(C)C. The van der Waals surface area contributed by atoms with Crippen molar-refractivity contribution in [2.75, 3.05) is 0 Å². The molecule has 0 heterocycles. The first-order valence-corrected chi connectivity index (χ1v) is 4.31. The fourth-order valence-corrected chi connectivity index (χ4v) is 0.695. The van der Waals surface area contributed by atoms with Crippen LogP contribution in [0.25, 0.3) is 0 Å². The van der Waals surface area contributed by atoms with Crippen molar-refractivity contribution in [3.8, 4) is 0 Å². The topological polar surface area (TPSA) is 58.2 Å². The van der Waals surface area contributed by atoms with Crippen LogP contribution < -0.4 is 10.9 Å². The molecular formula is C9H18N2O2. The Morgan fingerprint density at radius 3 is 2.00 bits per heavy atom. The molecule has 0 bridgehead atoms. The fraction of sp³-hybridized carbons (Fsp3) is 0.778. The van der Waals surface area contributed by atoms with Crippen LogP contribution in [-0.2, 0) is 9.59 Å². The summed E-state index contributed by atoms with van der Waals surface area (Å²) in [7, 11) is 0. The van der Waals surface area contributed by atoms with E-state index in [0.717, 1.165) is 0 Å². The minimum absolute atomic E-state index is 0.120. The van der Waals surface area contributed by atoms with Crippen LogP contribution in [0.2, 0.25) is 0 Å². The molecule has 0 saturated heterocycles. The molecule has 0 aliphatic carbocycles. The van der Waals surface area contributed by atoms with Gasteiger partial charge >= 0.3 is 0 Å². The zero-order chi connectivity index (χ0) is 10.6. The van der Waals surface area contributed by atoms with E-state index >= 15 is 0 Å². The molecule has 0 rings (SSSR count). The maximum atomic E-state index is 11.1. The number of hydrazine groups is 1. The molecule has 0 amide bonds. The van der Waals surface area contributed by atoms with Crippen molar-refractivity contribution in [1.29, 1.82) is 0 Å². The summed E-state index contributed by atoms with van der Waals surface area (Å²) < 4.78 is 0. The van der Waals surface area contributed by atoms with Gasteiger partial charge in [0.2, 0.25) is 5.78 Å². The van der Waals surface area contributed by atoms with E-state index in [1.54, 1.807) is 6.92 Å². The van der Waals surface area contributed by atoms with Gasteiger partial charge in [-0.1, -0.05) is 0 Å². The van der Waals surface area contributed by atoms with Crippen molar-refractivity contribution in [3.05, 3.63) is 0 Å². The van der Waals surface area contributed by atoms with Crippen LogP contribution in [0.15, 0.2) is 0 Å². The molecular weight excluding hydrogens is 168 g/mol. The molecule has 13 heavy (non-hydrogen) atoms. The van der Waals surface area contributed by atoms with Crippen molar-refractivity contribution in [2.45, 2.75) is 46.2 Å². The van der Waals surface area contributed by atoms with Crippen LogP contribution in [0.4, 0.5) is 0 Å². The molecule has 0 saturated carbocycles. The smallest absolute Gasteiger partial charge is 0.215 e. The van der Waals surface area contributed by atoms with Crippen LogP contribution in [0.3, 0.4) is 0 Å². The first-order chi connectivity index (χ1) is 5.74. The van der Waals surface area contributed by atoms with Gasteiger partial charge in [0.05, 0.1) is 6.04 Å². The Hall–Kier alpha value is -0.740. The molecule has 0 fully saturated rings. The first kappa shape index (κ1) is 12.3. The van der Waals surface area contributed by atoms with E-state index in [-0.39, 0.29) is 5.54 Å². The van der Waals surface area contributed by atoms with Gasteiger partial charge in [-0.15, -0.1) is 0 Å². The lowest BCUT2D eigenvalue weighted by molar-refractivity contribution is -0.136. The highest BCUT2D eigenvalue weighted by Crippen LogP contribution is 1.96. The van der Waals surface area contributed by atoms with E-state index in [0.29, 0.717) is 0 Å². The minimum atomic E-state index is -0.475. The van der Waals surface area contributed by atoms with Gasteiger partial charge in [-0.05, 0) is 27.7 Å². The molecule has 4 nitrogen and oxygen atoms in total. The maximum absolute atomic E-state index is 11.1. The molecule has 0 aromatic rings. The van der Waals surface area contributed by atoms with E-state index in [1.807, 2.05) is 20.8 Å². The van der Waals surface area contributed by atoms with Crippen molar-refractivity contribution in [2.24, 2.45) is 0 Å². The standard InChI is InChI=1S/C9H18N2O2/c1-6(8(13)7(2)12)10-11-9(3,4)5/h6,10-11H,1-5H3/t6-/m1/s1. The minimum Gasteiger partial charge on any atom is -0.291 e. The van der Waals surface area contributed by atoms with Gasteiger partial charge in [0, 0.05) is 12.5 Å². The molecule has 2 N–H and O–H groups in total. The lowest BCUT2D eigenvalue weighted by Gasteiger charge is -2.23. The Morgan fingerprint density at radius 1 is 1.23 bits per heavy atom. The zero-order valence-electron chi connectivity index (χ0n) is 8.89. The quantitative estimate of drug-likeness (QED) is 0.493. The molecule has 0 unspecified atom stereocenters. The highest BCUT2D eigenvalue weighted by atomic mass is 16.2. The molecule has 0 aromatic heterocycles. The van der Waals surface area contributed by atoms with Crippen LogP contribution in [0, 0.1) is 0 Å². The first-order valence-electron chi connectivity index (χ1n) is 4.31. The average molecular weight is 186 g/mol. The molecule has 0 aliphatic heterocycles. The Morgan fingerprint density at radius 2 is 1.69 bits per heavy atom. The van der Waals surface area contributed by atoms with Crippen molar-refractivity contribution in [3.63, 3.8) is 0 Å². The van der Waals surface area contributed by atoms with E-state index in [4.69, 9.17) is 0 Å². The van der Waals surface area contributed by atoms with Gasteiger partial charge in [-0.3, -0.25) is 15.0 Å². The number of hydrogen-bond acceptors (Lipinski definition) is 4. The van der Waals surface area contributed by atoms with Crippen LogP contribution in [-0.4, -0.2) is 23.1 Å². The molecule has 4 heteroatoms.